The van der Waals surface area contributed by atoms with Crippen LogP contribution in [0.2, 0.25) is 0 Å². The molecule has 0 spiro atoms. The molecule has 160 valence electrons. The summed E-state index contributed by atoms with van der Waals surface area (Å²) in [6.07, 6.45) is -2.36. The molecule has 0 amide bonds. The maximum atomic E-state index is 12.6. The predicted octanol–water partition coefficient (Wildman–Crippen LogP) is 3.10. The van der Waals surface area contributed by atoms with Crippen LogP contribution in [0.15, 0.2) is 34.2 Å². The number of sulfonamides is 1. The number of guanidine groups is 1. The predicted molar refractivity (Wildman–Crippen MR) is 113 cm³/mol. The molecule has 0 saturated carbocycles. The Kier molecular flexibility index (Phi) is 9.98. The molecule has 1 fully saturated rings. The molecule has 0 atom stereocenters. The minimum atomic E-state index is -4.22. The molecule has 0 unspecified atom stereocenters. The van der Waals surface area contributed by atoms with Gasteiger partial charge in [-0.25, -0.2) is 8.42 Å². The van der Waals surface area contributed by atoms with E-state index >= 15 is 0 Å². The van der Waals surface area contributed by atoms with E-state index in [-0.39, 0.29) is 41.4 Å². The number of hydrogen-bond donors (Lipinski definition) is 2. The summed E-state index contributed by atoms with van der Waals surface area (Å²) >= 11 is 0. The van der Waals surface area contributed by atoms with Gasteiger partial charge in [-0.05, 0) is 30.5 Å². The van der Waals surface area contributed by atoms with Crippen molar-refractivity contribution < 1.29 is 21.6 Å². The van der Waals surface area contributed by atoms with Gasteiger partial charge >= 0.3 is 6.18 Å². The second-order valence-corrected chi connectivity index (χ2v) is 8.26. The van der Waals surface area contributed by atoms with Crippen LogP contribution in [0.4, 0.5) is 13.2 Å². The lowest BCUT2D eigenvalue weighted by Crippen LogP contribution is -2.38. The summed E-state index contributed by atoms with van der Waals surface area (Å²) in [6.45, 7) is 1.14. The van der Waals surface area contributed by atoms with Crippen molar-refractivity contribution >= 4 is 40.0 Å². The zero-order valence-electron chi connectivity index (χ0n) is 15.6. The molecule has 1 saturated heterocycles. The smallest absolute Gasteiger partial charge is 0.356 e. The first kappa shape index (κ1) is 25.0. The first-order chi connectivity index (χ1) is 12.7. The quantitative estimate of drug-likeness (QED) is 0.335. The Morgan fingerprint density at radius 3 is 2.25 bits per heavy atom. The lowest BCUT2D eigenvalue weighted by molar-refractivity contribution is -0.132. The Balaban J connectivity index is 0.00000392. The summed E-state index contributed by atoms with van der Waals surface area (Å²) in [7, 11) is -2.00. The first-order valence-corrected chi connectivity index (χ1v) is 10.3. The van der Waals surface area contributed by atoms with Gasteiger partial charge in [0.25, 0.3) is 0 Å². The molecule has 2 N–H and O–H groups in total. The van der Waals surface area contributed by atoms with Gasteiger partial charge in [-0.2, -0.15) is 17.5 Å². The van der Waals surface area contributed by atoms with E-state index in [0.29, 0.717) is 19.6 Å². The van der Waals surface area contributed by atoms with Gasteiger partial charge in [0.15, 0.2) is 5.96 Å². The summed E-state index contributed by atoms with van der Waals surface area (Å²) in [4.78, 5) is 4.12. The maximum Gasteiger partial charge on any atom is 0.390 e. The van der Waals surface area contributed by atoms with Gasteiger partial charge in [0.1, 0.15) is 0 Å². The average molecular weight is 534 g/mol. The Morgan fingerprint density at radius 2 is 1.71 bits per heavy atom. The van der Waals surface area contributed by atoms with Crippen molar-refractivity contribution in [1.29, 1.82) is 0 Å². The van der Waals surface area contributed by atoms with Crippen LogP contribution in [-0.2, 0) is 16.6 Å². The number of piperidine rings is 1. The van der Waals surface area contributed by atoms with Gasteiger partial charge in [0, 0.05) is 33.2 Å². The molecule has 0 aromatic heterocycles. The molecule has 0 aliphatic carbocycles. The Bertz CT molecular complexity index is 734. The molecule has 28 heavy (non-hydrogen) atoms. The van der Waals surface area contributed by atoms with E-state index in [4.69, 9.17) is 0 Å². The number of nitrogens with one attached hydrogen (secondary N) is 2. The number of hydrogen-bond acceptors (Lipinski definition) is 3. The molecule has 1 heterocycles. The standard InChI is InChI=1S/C17H25F3N4O2S.HI/c1-21-16(22-10-9-17(18,19)20)23-13-14-5-7-15(8-6-14)27(25,26)24-11-3-2-4-12-24;/h5-8H,2-4,9-13H2,1H3,(H2,21,22,23);1H. The highest BCUT2D eigenvalue weighted by Gasteiger charge is 2.27. The van der Waals surface area contributed by atoms with Gasteiger partial charge in [-0.1, -0.05) is 18.6 Å². The topological polar surface area (TPSA) is 73.8 Å². The van der Waals surface area contributed by atoms with E-state index in [0.717, 1.165) is 24.8 Å². The number of benzene rings is 1. The maximum absolute atomic E-state index is 12.6. The zero-order valence-corrected chi connectivity index (χ0v) is 18.8. The van der Waals surface area contributed by atoms with E-state index < -0.39 is 22.6 Å². The second kappa shape index (κ2) is 11.2. The van der Waals surface area contributed by atoms with Crippen LogP contribution in [0.5, 0.6) is 0 Å². The van der Waals surface area contributed by atoms with Gasteiger partial charge < -0.3 is 10.6 Å². The lowest BCUT2D eigenvalue weighted by Gasteiger charge is -2.25. The highest BCUT2D eigenvalue weighted by molar-refractivity contribution is 14.0. The zero-order chi connectivity index (χ0) is 19.9. The van der Waals surface area contributed by atoms with E-state index in [1.165, 1.54) is 11.4 Å². The summed E-state index contributed by atoms with van der Waals surface area (Å²) in [5, 5.41) is 5.50. The number of halogens is 4. The van der Waals surface area contributed by atoms with Crippen molar-refractivity contribution in [2.24, 2.45) is 4.99 Å². The summed E-state index contributed by atoms with van der Waals surface area (Å²) < 4.78 is 63.2. The monoisotopic (exact) mass is 534 g/mol. The fourth-order valence-electron chi connectivity index (χ4n) is 2.76. The van der Waals surface area contributed by atoms with Crippen LogP contribution in [0.1, 0.15) is 31.2 Å². The van der Waals surface area contributed by atoms with Crippen molar-refractivity contribution in [3.63, 3.8) is 0 Å². The normalized spacial score (nSPS) is 16.4. The van der Waals surface area contributed by atoms with Gasteiger partial charge in [0.05, 0.1) is 11.3 Å². The second-order valence-electron chi connectivity index (χ2n) is 6.33. The van der Waals surface area contributed by atoms with Crippen molar-refractivity contribution in [3.05, 3.63) is 29.8 Å². The van der Waals surface area contributed by atoms with E-state index in [9.17, 15) is 21.6 Å². The van der Waals surface area contributed by atoms with Crippen LogP contribution in [-0.4, -0.2) is 51.5 Å². The van der Waals surface area contributed by atoms with Gasteiger partial charge in [-0.3, -0.25) is 4.99 Å². The van der Waals surface area contributed by atoms with E-state index in [2.05, 4.69) is 15.6 Å². The highest BCUT2D eigenvalue weighted by Crippen LogP contribution is 2.21. The third kappa shape index (κ3) is 7.74. The Morgan fingerprint density at radius 1 is 1.11 bits per heavy atom. The van der Waals surface area contributed by atoms with Crippen LogP contribution in [0.25, 0.3) is 0 Å². The van der Waals surface area contributed by atoms with Crippen LogP contribution < -0.4 is 10.6 Å². The van der Waals surface area contributed by atoms with Crippen LogP contribution >= 0.6 is 24.0 Å². The minimum absolute atomic E-state index is 0. The average Bonchev–Trinajstić information content (AvgIpc) is 2.64. The van der Waals surface area contributed by atoms with Gasteiger partial charge in [0.2, 0.25) is 10.0 Å². The Hall–Kier alpha value is -1.08. The molecular formula is C17H26F3IN4O2S. The molecule has 1 aromatic rings. The SMILES string of the molecule is CN=C(NCCC(F)(F)F)NCc1ccc(S(=O)(=O)N2CCCCC2)cc1.I. The van der Waals surface area contributed by atoms with Crippen molar-refractivity contribution in [2.45, 2.75) is 43.3 Å². The van der Waals surface area contributed by atoms with Crippen LogP contribution in [0, 0.1) is 0 Å². The number of alkyl halides is 3. The lowest BCUT2D eigenvalue weighted by atomic mass is 10.2. The molecule has 1 aromatic carbocycles. The molecule has 0 radical (unpaired) electrons. The van der Waals surface area contributed by atoms with Crippen molar-refractivity contribution in [3.8, 4) is 0 Å². The fourth-order valence-corrected chi connectivity index (χ4v) is 4.28. The largest absolute Gasteiger partial charge is 0.390 e. The summed E-state index contributed by atoms with van der Waals surface area (Å²) in [5.41, 5.74) is 0.798. The fraction of sp³-hybridized carbons (Fsp3) is 0.588. The third-order valence-electron chi connectivity index (χ3n) is 4.26. The third-order valence-corrected chi connectivity index (χ3v) is 6.17. The highest BCUT2D eigenvalue weighted by atomic mass is 127. The van der Waals surface area contributed by atoms with E-state index in [1.54, 1.807) is 24.3 Å². The van der Waals surface area contributed by atoms with Crippen molar-refractivity contribution in [2.75, 3.05) is 26.7 Å². The first-order valence-electron chi connectivity index (χ1n) is 8.83. The molecule has 1 aliphatic rings. The Labute approximate surface area is 181 Å². The van der Waals surface area contributed by atoms with Crippen molar-refractivity contribution in [1.82, 2.24) is 14.9 Å². The minimum Gasteiger partial charge on any atom is -0.356 e. The van der Waals surface area contributed by atoms with Crippen LogP contribution in [0.3, 0.4) is 0 Å². The number of nitrogens with zero attached hydrogens (tertiary/aromatic N) is 2. The van der Waals surface area contributed by atoms with E-state index in [1.807, 2.05) is 0 Å². The molecule has 2 rings (SSSR count). The molecule has 0 bridgehead atoms. The summed E-state index contributed by atoms with van der Waals surface area (Å²) in [5.74, 6) is 0.254. The summed E-state index contributed by atoms with van der Waals surface area (Å²) in [6, 6.07) is 6.49. The molecule has 11 heteroatoms. The number of aliphatic imine (C=N–C) groups is 1. The number of rotatable bonds is 6. The molecule has 1 aliphatic heterocycles. The molecular weight excluding hydrogens is 508 g/mol. The molecule has 6 nitrogen and oxygen atoms in total. The van der Waals surface area contributed by atoms with Gasteiger partial charge in [-0.15, -0.1) is 24.0 Å².